The minimum atomic E-state index is -0.383. The van der Waals surface area contributed by atoms with Crippen LogP contribution in [0.5, 0.6) is 0 Å². The third-order valence-corrected chi connectivity index (χ3v) is 4.34. The summed E-state index contributed by atoms with van der Waals surface area (Å²) in [5.41, 5.74) is 0.0432. The van der Waals surface area contributed by atoms with Crippen LogP contribution in [0.2, 0.25) is 0 Å². The number of nitrogens with one attached hydrogen (secondary N) is 1. The van der Waals surface area contributed by atoms with Crippen LogP contribution in [0, 0.1) is 16.0 Å². The second kappa shape index (κ2) is 5.67. The largest absolute Gasteiger partial charge is 0.356 e. The Morgan fingerprint density at radius 2 is 2.29 bits per heavy atom. The highest BCUT2D eigenvalue weighted by Crippen LogP contribution is 2.34. The Labute approximate surface area is 122 Å². The molecule has 0 unspecified atom stereocenters. The van der Waals surface area contributed by atoms with E-state index in [2.05, 4.69) is 10.3 Å². The topological polar surface area (TPSA) is 88.4 Å². The predicted octanol–water partition coefficient (Wildman–Crippen LogP) is 1.48. The van der Waals surface area contributed by atoms with E-state index in [1.165, 1.54) is 6.07 Å². The third kappa shape index (κ3) is 2.68. The first-order chi connectivity index (χ1) is 10.2. The van der Waals surface area contributed by atoms with Crippen molar-refractivity contribution in [3.63, 3.8) is 0 Å². The number of carbonyl (C=O) groups excluding carboxylic acids is 1. The second-order valence-corrected chi connectivity index (χ2v) is 5.63. The van der Waals surface area contributed by atoms with Crippen LogP contribution in [0.4, 0.5) is 11.5 Å². The summed E-state index contributed by atoms with van der Waals surface area (Å²) < 4.78 is 0. The maximum absolute atomic E-state index is 11.5. The van der Waals surface area contributed by atoms with Gasteiger partial charge in [-0.15, -0.1) is 0 Å². The summed E-state index contributed by atoms with van der Waals surface area (Å²) in [5.74, 6) is 0.715. The highest BCUT2D eigenvalue weighted by atomic mass is 16.6. The van der Waals surface area contributed by atoms with E-state index < -0.39 is 0 Å². The average Bonchev–Trinajstić information content (AvgIpc) is 2.93. The number of carbonyl (C=O) groups is 1. The van der Waals surface area contributed by atoms with Gasteiger partial charge in [-0.25, -0.2) is 4.98 Å². The minimum Gasteiger partial charge on any atom is -0.356 e. The number of hydrogen-bond donors (Lipinski definition) is 1. The molecular formula is C14H18N4O3. The second-order valence-electron chi connectivity index (χ2n) is 5.63. The van der Waals surface area contributed by atoms with Crippen molar-refractivity contribution in [2.24, 2.45) is 5.92 Å². The molecule has 0 aromatic carbocycles. The Bertz CT molecular complexity index is 563. The SMILES string of the molecule is O=C1C[C@@H]([C@H]2CCCCN2c2ncccc2[N+](=O)[O-])CN1. The quantitative estimate of drug-likeness (QED) is 0.673. The van der Waals surface area contributed by atoms with Crippen molar-refractivity contribution in [3.8, 4) is 0 Å². The van der Waals surface area contributed by atoms with Gasteiger partial charge < -0.3 is 10.2 Å². The van der Waals surface area contributed by atoms with Crippen LogP contribution in [0.3, 0.4) is 0 Å². The molecule has 21 heavy (non-hydrogen) atoms. The van der Waals surface area contributed by atoms with Crippen molar-refractivity contribution in [1.29, 1.82) is 0 Å². The highest BCUT2D eigenvalue weighted by Gasteiger charge is 2.37. The Morgan fingerprint density at radius 1 is 1.43 bits per heavy atom. The molecule has 1 aromatic rings. The lowest BCUT2D eigenvalue weighted by atomic mass is 9.89. The van der Waals surface area contributed by atoms with Gasteiger partial charge >= 0.3 is 5.69 Å². The van der Waals surface area contributed by atoms with E-state index in [1.54, 1.807) is 12.3 Å². The van der Waals surface area contributed by atoms with Crippen LogP contribution >= 0.6 is 0 Å². The first-order valence-corrected chi connectivity index (χ1v) is 7.29. The van der Waals surface area contributed by atoms with Gasteiger partial charge in [-0.05, 0) is 25.3 Å². The lowest BCUT2D eigenvalue weighted by Crippen LogP contribution is -2.45. The summed E-state index contributed by atoms with van der Waals surface area (Å²) in [6.07, 6.45) is 5.13. The van der Waals surface area contributed by atoms with Gasteiger partial charge in [0, 0.05) is 43.7 Å². The predicted molar refractivity (Wildman–Crippen MR) is 77.0 cm³/mol. The molecule has 0 aliphatic carbocycles. The van der Waals surface area contributed by atoms with Gasteiger partial charge in [-0.2, -0.15) is 0 Å². The number of nitrogens with zero attached hydrogens (tertiary/aromatic N) is 3. The molecule has 1 N–H and O–H groups in total. The zero-order chi connectivity index (χ0) is 14.8. The van der Waals surface area contributed by atoms with Gasteiger partial charge in [0.1, 0.15) is 0 Å². The first-order valence-electron chi connectivity index (χ1n) is 7.29. The van der Waals surface area contributed by atoms with Crippen LogP contribution in [-0.2, 0) is 4.79 Å². The van der Waals surface area contributed by atoms with E-state index in [4.69, 9.17) is 0 Å². The first kappa shape index (κ1) is 13.8. The van der Waals surface area contributed by atoms with Crippen LogP contribution in [0.15, 0.2) is 18.3 Å². The molecular weight excluding hydrogens is 272 g/mol. The van der Waals surface area contributed by atoms with E-state index in [0.717, 1.165) is 25.8 Å². The molecule has 1 aromatic heterocycles. The molecule has 1 amide bonds. The summed E-state index contributed by atoms with van der Waals surface area (Å²) in [6.45, 7) is 1.41. The number of hydrogen-bond acceptors (Lipinski definition) is 5. The molecule has 112 valence electrons. The highest BCUT2D eigenvalue weighted by molar-refractivity contribution is 5.78. The molecule has 0 spiro atoms. The van der Waals surface area contributed by atoms with E-state index in [0.29, 0.717) is 18.8 Å². The molecule has 2 saturated heterocycles. The lowest BCUT2D eigenvalue weighted by molar-refractivity contribution is -0.384. The number of nitro groups is 1. The van der Waals surface area contributed by atoms with Crippen LogP contribution in [0.1, 0.15) is 25.7 Å². The molecule has 7 nitrogen and oxygen atoms in total. The van der Waals surface area contributed by atoms with E-state index in [9.17, 15) is 14.9 Å². The molecule has 0 bridgehead atoms. The fraction of sp³-hybridized carbons (Fsp3) is 0.571. The fourth-order valence-electron chi connectivity index (χ4n) is 3.36. The van der Waals surface area contributed by atoms with Gasteiger partial charge in [0.15, 0.2) is 0 Å². The van der Waals surface area contributed by atoms with Gasteiger partial charge in [-0.1, -0.05) is 0 Å². The number of rotatable bonds is 3. The van der Waals surface area contributed by atoms with Gasteiger partial charge in [0.05, 0.1) is 4.92 Å². The lowest BCUT2D eigenvalue weighted by Gasteiger charge is -2.39. The van der Waals surface area contributed by atoms with Gasteiger partial charge in [-0.3, -0.25) is 14.9 Å². The standard InChI is InChI=1S/C14H18N4O3/c19-13-8-10(9-16-13)11-4-1-2-7-17(11)14-12(18(20)21)5-3-6-15-14/h3,5-6,10-11H,1-2,4,7-9H2,(H,16,19)/t10-,11-/m1/s1. The summed E-state index contributed by atoms with van der Waals surface area (Å²) >= 11 is 0. The molecule has 2 fully saturated rings. The Hall–Kier alpha value is -2.18. The Kier molecular flexibility index (Phi) is 3.72. The monoisotopic (exact) mass is 290 g/mol. The number of amides is 1. The molecule has 2 atom stereocenters. The van der Waals surface area contributed by atoms with Crippen LogP contribution in [-0.4, -0.2) is 34.9 Å². The van der Waals surface area contributed by atoms with Crippen molar-refractivity contribution >= 4 is 17.4 Å². The van der Waals surface area contributed by atoms with Crippen molar-refractivity contribution in [1.82, 2.24) is 10.3 Å². The molecule has 3 heterocycles. The number of anilines is 1. The van der Waals surface area contributed by atoms with Crippen molar-refractivity contribution in [3.05, 3.63) is 28.4 Å². The van der Waals surface area contributed by atoms with Crippen LogP contribution < -0.4 is 10.2 Å². The minimum absolute atomic E-state index is 0.0432. The Balaban J connectivity index is 1.91. The molecule has 0 radical (unpaired) electrons. The smallest absolute Gasteiger partial charge is 0.311 e. The normalized spacial score (nSPS) is 25.7. The van der Waals surface area contributed by atoms with Crippen LogP contribution in [0.25, 0.3) is 0 Å². The third-order valence-electron chi connectivity index (χ3n) is 4.34. The molecule has 0 saturated carbocycles. The molecule has 7 heteroatoms. The maximum Gasteiger partial charge on any atom is 0.311 e. The zero-order valence-corrected chi connectivity index (χ0v) is 11.7. The zero-order valence-electron chi connectivity index (χ0n) is 11.7. The Morgan fingerprint density at radius 3 is 3.00 bits per heavy atom. The summed E-state index contributed by atoms with van der Waals surface area (Å²) in [6, 6.07) is 3.22. The average molecular weight is 290 g/mol. The molecule has 2 aliphatic heterocycles. The van der Waals surface area contributed by atoms with Crippen molar-refractivity contribution < 1.29 is 9.72 Å². The fourth-order valence-corrected chi connectivity index (χ4v) is 3.36. The summed E-state index contributed by atoms with van der Waals surface area (Å²) in [7, 11) is 0. The van der Waals surface area contributed by atoms with Crippen molar-refractivity contribution in [2.75, 3.05) is 18.0 Å². The maximum atomic E-state index is 11.5. The number of piperidine rings is 1. The van der Waals surface area contributed by atoms with Crippen molar-refractivity contribution in [2.45, 2.75) is 31.7 Å². The molecule has 2 aliphatic rings. The molecule has 3 rings (SSSR count). The summed E-state index contributed by atoms with van der Waals surface area (Å²) in [4.78, 5) is 28.6. The van der Waals surface area contributed by atoms with Gasteiger partial charge in [0.2, 0.25) is 11.7 Å². The van der Waals surface area contributed by atoms with E-state index >= 15 is 0 Å². The van der Waals surface area contributed by atoms with E-state index in [1.807, 2.05) is 4.90 Å². The van der Waals surface area contributed by atoms with E-state index in [-0.39, 0.29) is 28.5 Å². The number of pyridine rings is 1. The number of aromatic nitrogens is 1. The van der Waals surface area contributed by atoms with Gasteiger partial charge in [0.25, 0.3) is 0 Å². The summed E-state index contributed by atoms with van der Waals surface area (Å²) in [5, 5.41) is 14.1.